The molecule has 3 rings (SSSR count). The fourth-order valence-corrected chi connectivity index (χ4v) is 3.35. The van der Waals surface area contributed by atoms with Crippen LogP contribution < -0.4 is 5.73 Å². The predicted molar refractivity (Wildman–Crippen MR) is 82.7 cm³/mol. The molecule has 0 saturated heterocycles. The molecule has 20 heavy (non-hydrogen) atoms. The molecule has 1 aliphatic rings. The van der Waals surface area contributed by atoms with Crippen LogP contribution in [0.1, 0.15) is 34.2 Å². The van der Waals surface area contributed by atoms with E-state index in [2.05, 4.69) is 32.0 Å². The lowest BCUT2D eigenvalue weighted by molar-refractivity contribution is 0.0386. The molecule has 2 aromatic rings. The molecule has 0 aliphatic heterocycles. The van der Waals surface area contributed by atoms with E-state index < -0.39 is 5.60 Å². The molecule has 0 aromatic heterocycles. The van der Waals surface area contributed by atoms with Gasteiger partial charge in [0.1, 0.15) is 0 Å². The van der Waals surface area contributed by atoms with Crippen molar-refractivity contribution in [1.29, 1.82) is 0 Å². The third-order valence-corrected chi connectivity index (χ3v) is 4.55. The fraction of sp³-hybridized carbons (Fsp3) is 0.333. The van der Waals surface area contributed by atoms with Crippen LogP contribution >= 0.6 is 0 Å². The summed E-state index contributed by atoms with van der Waals surface area (Å²) in [6, 6.07) is 12.2. The first-order valence-corrected chi connectivity index (χ1v) is 7.16. The number of hydrogen-bond donors (Lipinski definition) is 2. The molecule has 1 unspecified atom stereocenters. The van der Waals surface area contributed by atoms with Crippen molar-refractivity contribution >= 4 is 5.69 Å². The quantitative estimate of drug-likeness (QED) is 0.820. The largest absolute Gasteiger partial charge is 0.399 e. The van der Waals surface area contributed by atoms with Crippen LogP contribution in [0.15, 0.2) is 36.4 Å². The van der Waals surface area contributed by atoms with Gasteiger partial charge >= 0.3 is 0 Å². The van der Waals surface area contributed by atoms with E-state index in [1.165, 1.54) is 22.3 Å². The SMILES string of the molecule is Cc1cccc(C)c1CC1(O)CCc2cc(N)ccc21. The van der Waals surface area contributed by atoms with E-state index in [0.29, 0.717) is 6.42 Å². The number of hydrogen-bond acceptors (Lipinski definition) is 2. The molecule has 104 valence electrons. The van der Waals surface area contributed by atoms with Crippen molar-refractivity contribution in [2.75, 3.05) is 5.73 Å². The van der Waals surface area contributed by atoms with Crippen LogP contribution in [-0.4, -0.2) is 5.11 Å². The summed E-state index contributed by atoms with van der Waals surface area (Å²) in [7, 11) is 0. The zero-order valence-electron chi connectivity index (χ0n) is 12.1. The smallest absolute Gasteiger partial charge is 0.0942 e. The van der Waals surface area contributed by atoms with Crippen molar-refractivity contribution in [3.63, 3.8) is 0 Å². The Morgan fingerprint density at radius 1 is 1.15 bits per heavy atom. The Hall–Kier alpha value is -1.80. The van der Waals surface area contributed by atoms with Crippen LogP contribution in [0.25, 0.3) is 0 Å². The van der Waals surface area contributed by atoms with Crippen molar-refractivity contribution < 1.29 is 5.11 Å². The summed E-state index contributed by atoms with van der Waals surface area (Å²) in [4.78, 5) is 0. The van der Waals surface area contributed by atoms with E-state index >= 15 is 0 Å². The average Bonchev–Trinajstić information content (AvgIpc) is 2.72. The highest BCUT2D eigenvalue weighted by Crippen LogP contribution is 2.40. The predicted octanol–water partition coefficient (Wildman–Crippen LogP) is 3.26. The van der Waals surface area contributed by atoms with E-state index in [0.717, 1.165) is 24.1 Å². The maximum Gasteiger partial charge on any atom is 0.0942 e. The Morgan fingerprint density at radius 3 is 2.55 bits per heavy atom. The number of aryl methyl sites for hydroxylation is 3. The van der Waals surface area contributed by atoms with Crippen LogP contribution in [0, 0.1) is 13.8 Å². The Balaban J connectivity index is 2.00. The highest BCUT2D eigenvalue weighted by atomic mass is 16.3. The first kappa shape index (κ1) is 13.2. The van der Waals surface area contributed by atoms with Gasteiger partial charge in [0, 0.05) is 12.1 Å². The summed E-state index contributed by atoms with van der Waals surface area (Å²) in [5, 5.41) is 11.1. The fourth-order valence-electron chi connectivity index (χ4n) is 3.35. The number of fused-ring (bicyclic) bond motifs is 1. The van der Waals surface area contributed by atoms with Crippen molar-refractivity contribution in [3.8, 4) is 0 Å². The zero-order chi connectivity index (χ0) is 14.3. The van der Waals surface area contributed by atoms with Crippen molar-refractivity contribution in [2.24, 2.45) is 0 Å². The van der Waals surface area contributed by atoms with Crippen molar-refractivity contribution in [1.82, 2.24) is 0 Å². The third-order valence-electron chi connectivity index (χ3n) is 4.55. The second kappa shape index (κ2) is 4.64. The molecular weight excluding hydrogens is 246 g/mol. The van der Waals surface area contributed by atoms with Gasteiger partial charge in [0.2, 0.25) is 0 Å². The molecule has 0 bridgehead atoms. The van der Waals surface area contributed by atoms with Crippen LogP contribution in [0.4, 0.5) is 5.69 Å². The molecule has 0 spiro atoms. The minimum Gasteiger partial charge on any atom is -0.399 e. The van der Waals surface area contributed by atoms with Crippen LogP contribution in [0.2, 0.25) is 0 Å². The molecule has 2 aromatic carbocycles. The normalized spacial score (nSPS) is 20.9. The van der Waals surface area contributed by atoms with Crippen molar-refractivity contribution in [2.45, 2.75) is 38.7 Å². The zero-order valence-corrected chi connectivity index (χ0v) is 12.1. The summed E-state index contributed by atoms with van der Waals surface area (Å²) >= 11 is 0. The van der Waals surface area contributed by atoms with E-state index in [9.17, 15) is 5.11 Å². The lowest BCUT2D eigenvalue weighted by Crippen LogP contribution is -2.26. The third kappa shape index (κ3) is 2.10. The molecule has 2 nitrogen and oxygen atoms in total. The van der Waals surface area contributed by atoms with Gasteiger partial charge in [-0.15, -0.1) is 0 Å². The molecule has 0 heterocycles. The van der Waals surface area contributed by atoms with Gasteiger partial charge in [0.05, 0.1) is 5.60 Å². The maximum atomic E-state index is 11.1. The number of nitrogen functional groups attached to an aromatic ring is 1. The van der Waals surface area contributed by atoms with Gasteiger partial charge < -0.3 is 10.8 Å². The van der Waals surface area contributed by atoms with Gasteiger partial charge in [0.25, 0.3) is 0 Å². The molecule has 0 fully saturated rings. The van der Waals surface area contributed by atoms with Crippen molar-refractivity contribution in [3.05, 3.63) is 64.2 Å². The molecule has 1 aliphatic carbocycles. The standard InChI is InChI=1S/C18H21NO/c1-12-4-3-5-13(2)16(12)11-18(20)9-8-14-10-15(19)6-7-17(14)18/h3-7,10,20H,8-9,11,19H2,1-2H3. The molecule has 2 heteroatoms. The molecule has 1 atom stereocenters. The first-order chi connectivity index (χ1) is 9.49. The maximum absolute atomic E-state index is 11.1. The number of rotatable bonds is 2. The van der Waals surface area contributed by atoms with E-state index in [4.69, 9.17) is 5.73 Å². The summed E-state index contributed by atoms with van der Waals surface area (Å²) in [6.07, 6.45) is 2.36. The Kier molecular flexibility index (Phi) is 3.06. The lowest BCUT2D eigenvalue weighted by atomic mass is 9.85. The van der Waals surface area contributed by atoms with Gasteiger partial charge in [-0.05, 0) is 66.6 Å². The van der Waals surface area contributed by atoms with Gasteiger partial charge in [-0.25, -0.2) is 0 Å². The Bertz CT molecular complexity index is 642. The highest BCUT2D eigenvalue weighted by molar-refractivity contribution is 5.50. The summed E-state index contributed by atoms with van der Waals surface area (Å²) in [5.74, 6) is 0. The topological polar surface area (TPSA) is 46.2 Å². The van der Waals surface area contributed by atoms with E-state index in [1.54, 1.807) is 0 Å². The monoisotopic (exact) mass is 267 g/mol. The second-order valence-electron chi connectivity index (χ2n) is 6.00. The molecule has 0 amide bonds. The Morgan fingerprint density at radius 2 is 1.85 bits per heavy atom. The molecule has 3 N–H and O–H groups in total. The molecular formula is C18H21NO. The number of benzene rings is 2. The lowest BCUT2D eigenvalue weighted by Gasteiger charge is -2.26. The second-order valence-corrected chi connectivity index (χ2v) is 6.00. The minimum atomic E-state index is -0.750. The summed E-state index contributed by atoms with van der Waals surface area (Å²) in [6.45, 7) is 4.23. The van der Waals surface area contributed by atoms with Crippen LogP contribution in [-0.2, 0) is 18.4 Å². The molecule has 0 saturated carbocycles. The number of aliphatic hydroxyl groups is 1. The highest BCUT2D eigenvalue weighted by Gasteiger charge is 2.37. The number of nitrogens with two attached hydrogens (primary N) is 1. The molecule has 0 radical (unpaired) electrons. The van der Waals surface area contributed by atoms with Gasteiger partial charge in [-0.2, -0.15) is 0 Å². The van der Waals surface area contributed by atoms with Crippen LogP contribution in [0.3, 0.4) is 0 Å². The summed E-state index contributed by atoms with van der Waals surface area (Å²) < 4.78 is 0. The first-order valence-electron chi connectivity index (χ1n) is 7.16. The van der Waals surface area contributed by atoms with Gasteiger partial charge in [-0.3, -0.25) is 0 Å². The van der Waals surface area contributed by atoms with Gasteiger partial charge in [-0.1, -0.05) is 24.3 Å². The average molecular weight is 267 g/mol. The van der Waals surface area contributed by atoms with E-state index in [1.807, 2.05) is 18.2 Å². The van der Waals surface area contributed by atoms with Crippen LogP contribution in [0.5, 0.6) is 0 Å². The minimum absolute atomic E-state index is 0.683. The van der Waals surface area contributed by atoms with E-state index in [-0.39, 0.29) is 0 Å². The summed E-state index contributed by atoms with van der Waals surface area (Å²) in [5.41, 5.74) is 11.9. The Labute approximate surface area is 120 Å². The number of anilines is 1. The van der Waals surface area contributed by atoms with Gasteiger partial charge in [0.15, 0.2) is 0 Å².